The molecule has 1 fully saturated rings. The van der Waals surface area contributed by atoms with Gasteiger partial charge in [0.25, 0.3) is 0 Å². The summed E-state index contributed by atoms with van der Waals surface area (Å²) >= 11 is 6.53. The minimum atomic E-state index is -1.38. The predicted molar refractivity (Wildman–Crippen MR) is 168 cm³/mol. The highest BCUT2D eigenvalue weighted by molar-refractivity contribution is 6.20. The normalized spacial score (nSPS) is 21.7. The van der Waals surface area contributed by atoms with Gasteiger partial charge in [0, 0.05) is 10.9 Å². The Morgan fingerprint density at radius 3 is 1.93 bits per heavy atom. The number of unbranched alkanes of at least 4 members (excludes halogenated alkanes) is 13. The zero-order valence-corrected chi connectivity index (χ0v) is 26.6. The van der Waals surface area contributed by atoms with Crippen LogP contribution in [0.25, 0.3) is 0 Å². The second-order valence-electron chi connectivity index (χ2n) is 12.1. The Morgan fingerprint density at radius 2 is 1.29 bits per heavy atom. The Morgan fingerprint density at radius 1 is 0.756 bits per heavy atom. The van der Waals surface area contributed by atoms with E-state index in [4.69, 9.17) is 21.1 Å². The highest BCUT2D eigenvalue weighted by atomic mass is 35.5. The molecule has 0 bridgehead atoms. The molecule has 1 aliphatic rings. The average molecular weight is 599 g/mol. The van der Waals surface area contributed by atoms with E-state index in [-0.39, 0.29) is 17.7 Å². The summed E-state index contributed by atoms with van der Waals surface area (Å²) in [4.78, 5) is 0. The number of halogens is 1. The van der Waals surface area contributed by atoms with Crippen molar-refractivity contribution in [3.8, 4) is 11.5 Å². The van der Waals surface area contributed by atoms with Crippen molar-refractivity contribution in [2.45, 2.75) is 172 Å². The van der Waals surface area contributed by atoms with Crippen LogP contribution in [0.4, 0.5) is 0 Å². The first-order chi connectivity index (χ1) is 19.9. The Hall–Kier alpha value is -1.05. The summed E-state index contributed by atoms with van der Waals surface area (Å²) in [6.07, 6.45) is 17.7. The molecular weight excluding hydrogens is 540 g/mol. The number of phenolic OH excluding ortho intramolecular Hbond substituents is 1. The molecule has 0 saturated carbocycles. The first-order valence-corrected chi connectivity index (χ1v) is 17.1. The molecule has 1 aromatic carbocycles. The largest absolute Gasteiger partial charge is 0.508 e. The third kappa shape index (κ3) is 14.3. The molecule has 1 heterocycles. The molecule has 1 aromatic rings. The maximum absolute atomic E-state index is 11.0. The van der Waals surface area contributed by atoms with E-state index < -0.39 is 24.6 Å². The fourth-order valence-corrected chi connectivity index (χ4v) is 5.92. The highest BCUT2D eigenvalue weighted by Crippen LogP contribution is 2.34. The second kappa shape index (κ2) is 21.6. The van der Waals surface area contributed by atoms with Gasteiger partial charge >= 0.3 is 0 Å². The zero-order valence-electron chi connectivity index (χ0n) is 25.9. The van der Waals surface area contributed by atoms with Crippen LogP contribution in [0.5, 0.6) is 11.5 Å². The lowest BCUT2D eigenvalue weighted by molar-refractivity contribution is -0.242. The Labute approximate surface area is 254 Å². The molecule has 5 atom stereocenters. The summed E-state index contributed by atoms with van der Waals surface area (Å²) in [6, 6.07) is 3.78. The minimum absolute atomic E-state index is 0.125. The van der Waals surface area contributed by atoms with E-state index in [0.29, 0.717) is 17.7 Å². The second-order valence-corrected chi connectivity index (χ2v) is 12.7. The van der Waals surface area contributed by atoms with E-state index in [2.05, 4.69) is 13.8 Å². The van der Waals surface area contributed by atoms with Crippen molar-refractivity contribution in [3.63, 3.8) is 0 Å². The molecule has 1 aliphatic heterocycles. The Kier molecular flexibility index (Phi) is 19.0. The van der Waals surface area contributed by atoms with Crippen molar-refractivity contribution in [2.24, 2.45) is 0 Å². The molecule has 0 aromatic heterocycles. The molecule has 41 heavy (non-hydrogen) atoms. The number of hydrogen-bond donors (Lipinski definition) is 4. The monoisotopic (exact) mass is 598 g/mol. The van der Waals surface area contributed by atoms with Crippen LogP contribution in [0.3, 0.4) is 0 Å². The van der Waals surface area contributed by atoms with E-state index in [1.807, 2.05) is 12.1 Å². The maximum Gasteiger partial charge on any atom is 0.228 e. The number of benzene rings is 1. The van der Waals surface area contributed by atoms with Gasteiger partial charge < -0.3 is 29.9 Å². The fourth-order valence-electron chi connectivity index (χ4n) is 5.62. The average Bonchev–Trinajstić information content (AvgIpc) is 2.95. The summed E-state index contributed by atoms with van der Waals surface area (Å²) < 4.78 is 11.6. The number of aliphatic hydroxyl groups is 3. The first kappa shape index (κ1) is 36.1. The first-order valence-electron chi connectivity index (χ1n) is 16.7. The zero-order chi connectivity index (χ0) is 29.9. The fraction of sp³-hybridized carbons (Fsp3) is 0.824. The van der Waals surface area contributed by atoms with Crippen molar-refractivity contribution in [1.29, 1.82) is 0 Å². The van der Waals surface area contributed by atoms with Gasteiger partial charge in [0.2, 0.25) is 6.29 Å². The van der Waals surface area contributed by atoms with Crippen LogP contribution in [0.15, 0.2) is 12.1 Å². The van der Waals surface area contributed by atoms with Crippen molar-refractivity contribution >= 4 is 11.6 Å². The molecule has 1 unspecified atom stereocenters. The lowest BCUT2D eigenvalue weighted by Crippen LogP contribution is -2.54. The molecule has 0 radical (unpaired) electrons. The van der Waals surface area contributed by atoms with E-state index in [1.54, 1.807) is 0 Å². The third-order valence-electron chi connectivity index (χ3n) is 8.33. The SMILES string of the molecule is CCCCCCCCCCCc1cc(O)c(CCCCCC(Cl)CCCCCC)c(O[C@@H]2OC[C@@H](O)[C@H](O)[C@H]2O)c1. The van der Waals surface area contributed by atoms with Gasteiger partial charge in [0.05, 0.1) is 6.61 Å². The number of hydrogen-bond acceptors (Lipinski definition) is 6. The smallest absolute Gasteiger partial charge is 0.228 e. The summed E-state index contributed by atoms with van der Waals surface area (Å²) in [7, 11) is 0. The van der Waals surface area contributed by atoms with E-state index in [0.717, 1.165) is 56.9 Å². The predicted octanol–water partition coefficient (Wildman–Crippen LogP) is 7.96. The van der Waals surface area contributed by atoms with Gasteiger partial charge in [-0.2, -0.15) is 0 Å². The van der Waals surface area contributed by atoms with Crippen molar-refractivity contribution < 1.29 is 29.9 Å². The summed E-state index contributed by atoms with van der Waals surface area (Å²) in [5.41, 5.74) is 1.68. The molecule has 238 valence electrons. The molecule has 4 N–H and O–H groups in total. The number of ether oxygens (including phenoxy) is 2. The molecule has 0 aliphatic carbocycles. The van der Waals surface area contributed by atoms with Gasteiger partial charge in [-0.05, 0) is 56.2 Å². The minimum Gasteiger partial charge on any atom is -0.508 e. The quantitative estimate of drug-likeness (QED) is 0.0753. The van der Waals surface area contributed by atoms with Crippen LogP contribution in [0.1, 0.15) is 141 Å². The maximum atomic E-state index is 11.0. The number of alkyl halides is 1. The van der Waals surface area contributed by atoms with Gasteiger partial charge in [-0.25, -0.2) is 0 Å². The summed E-state index contributed by atoms with van der Waals surface area (Å²) in [5, 5.41) is 41.6. The van der Waals surface area contributed by atoms with Gasteiger partial charge in [-0.1, -0.05) is 104 Å². The number of rotatable bonds is 23. The Bertz CT molecular complexity index is 806. The summed E-state index contributed by atoms with van der Waals surface area (Å²) in [5.74, 6) is 0.681. The number of aliphatic hydroxyl groups excluding tert-OH is 3. The van der Waals surface area contributed by atoms with Crippen LogP contribution in [-0.2, 0) is 17.6 Å². The van der Waals surface area contributed by atoms with Crippen molar-refractivity contribution in [3.05, 3.63) is 23.3 Å². The van der Waals surface area contributed by atoms with Gasteiger partial charge in [0.15, 0.2) is 0 Å². The standard InChI is InChI=1S/C34H59ClO6/c1-3-5-7-9-10-11-12-13-15-19-26-23-29(36)28(22-18-14-17-21-27(35)20-16-8-6-4-2)31(24-26)41-34-33(39)32(38)30(37)25-40-34/h23-24,27,30,32-34,36-39H,3-22,25H2,1-2H3/t27?,30-,32+,33-,34+/m1/s1. The van der Waals surface area contributed by atoms with E-state index >= 15 is 0 Å². The van der Waals surface area contributed by atoms with Crippen LogP contribution in [-0.4, -0.2) is 57.0 Å². The Balaban J connectivity index is 1.91. The van der Waals surface area contributed by atoms with Crippen molar-refractivity contribution in [1.82, 2.24) is 0 Å². The molecule has 0 spiro atoms. The van der Waals surface area contributed by atoms with Crippen LogP contribution < -0.4 is 4.74 Å². The number of aromatic hydroxyl groups is 1. The molecule has 6 nitrogen and oxygen atoms in total. The van der Waals surface area contributed by atoms with E-state index in [9.17, 15) is 20.4 Å². The third-order valence-corrected chi connectivity index (χ3v) is 8.76. The van der Waals surface area contributed by atoms with Gasteiger partial charge in [0.1, 0.15) is 29.8 Å². The number of aryl methyl sites for hydroxylation is 1. The van der Waals surface area contributed by atoms with Crippen molar-refractivity contribution in [2.75, 3.05) is 6.61 Å². The topological polar surface area (TPSA) is 99.4 Å². The lowest BCUT2D eigenvalue weighted by Gasteiger charge is -2.35. The number of phenols is 1. The summed E-state index contributed by atoms with van der Waals surface area (Å²) in [6.45, 7) is 4.34. The molecule has 7 heteroatoms. The molecular formula is C34H59ClO6. The van der Waals surface area contributed by atoms with Crippen LogP contribution in [0.2, 0.25) is 0 Å². The molecule has 1 saturated heterocycles. The van der Waals surface area contributed by atoms with E-state index in [1.165, 1.54) is 70.6 Å². The van der Waals surface area contributed by atoms with Gasteiger partial charge in [-0.3, -0.25) is 0 Å². The van der Waals surface area contributed by atoms with Gasteiger partial charge in [-0.15, -0.1) is 11.6 Å². The highest BCUT2D eigenvalue weighted by Gasteiger charge is 2.39. The molecule has 0 amide bonds. The molecule has 2 rings (SSSR count). The lowest BCUT2D eigenvalue weighted by atomic mass is 9.98. The van der Waals surface area contributed by atoms with Crippen LogP contribution >= 0.6 is 11.6 Å². The van der Waals surface area contributed by atoms with Crippen LogP contribution in [0, 0.1) is 0 Å².